The molecule has 0 aromatic heterocycles. The molecule has 1 saturated heterocycles. The van der Waals surface area contributed by atoms with Crippen LogP contribution in [0.4, 0.5) is 0 Å². The Morgan fingerprint density at radius 2 is 1.64 bits per heavy atom. The van der Waals surface area contributed by atoms with Gasteiger partial charge in [-0.05, 0) is 20.8 Å². The summed E-state index contributed by atoms with van der Waals surface area (Å²) in [6, 6.07) is 0. The van der Waals surface area contributed by atoms with E-state index in [1.54, 1.807) is 20.8 Å². The van der Waals surface area contributed by atoms with Crippen molar-refractivity contribution in [3.8, 4) is 0 Å². The zero-order valence-corrected chi connectivity index (χ0v) is 7.16. The van der Waals surface area contributed by atoms with Crippen LogP contribution in [0.3, 0.4) is 0 Å². The first-order valence-corrected chi connectivity index (χ1v) is 3.47. The second-order valence-corrected chi connectivity index (χ2v) is 3.53. The van der Waals surface area contributed by atoms with Crippen LogP contribution in [-0.2, 0) is 4.79 Å². The number of rotatable bonds is 0. The van der Waals surface area contributed by atoms with Crippen LogP contribution in [0.2, 0.25) is 0 Å². The summed E-state index contributed by atoms with van der Waals surface area (Å²) in [7, 11) is 0. The molecule has 4 heteroatoms. The predicted molar refractivity (Wildman–Crippen MR) is 40.3 cm³/mol. The van der Waals surface area contributed by atoms with Crippen LogP contribution in [0.25, 0.3) is 0 Å². The third-order valence-corrected chi connectivity index (χ3v) is 0.718. The summed E-state index contributed by atoms with van der Waals surface area (Å²) in [5, 5.41) is 17.7. The lowest BCUT2D eigenvalue weighted by molar-refractivity contribution is -0.166. The van der Waals surface area contributed by atoms with Gasteiger partial charge in [0.15, 0.2) is 5.78 Å². The van der Waals surface area contributed by atoms with Gasteiger partial charge in [-0.2, -0.15) is 5.06 Å². The van der Waals surface area contributed by atoms with E-state index in [0.717, 1.165) is 5.06 Å². The SMILES string of the molecule is CC(C)(C)O.O=C1CN(O)C1. The Morgan fingerprint density at radius 3 is 1.64 bits per heavy atom. The number of hydroxylamine groups is 2. The van der Waals surface area contributed by atoms with E-state index in [2.05, 4.69) is 0 Å². The molecule has 1 fully saturated rings. The molecule has 0 radical (unpaired) electrons. The van der Waals surface area contributed by atoms with Crippen LogP contribution < -0.4 is 0 Å². The highest BCUT2D eigenvalue weighted by molar-refractivity contribution is 5.87. The fourth-order valence-corrected chi connectivity index (χ4v) is 0.361. The fraction of sp³-hybridized carbons (Fsp3) is 0.857. The smallest absolute Gasteiger partial charge is 0.165 e. The average molecular weight is 161 g/mol. The Kier molecular flexibility index (Phi) is 3.65. The molecule has 0 unspecified atom stereocenters. The molecule has 66 valence electrons. The van der Waals surface area contributed by atoms with Gasteiger partial charge in [-0.15, -0.1) is 0 Å². The predicted octanol–water partition coefficient (Wildman–Crippen LogP) is 0.0375. The number of carbonyl (C=O) groups excluding carboxylic acids is 1. The van der Waals surface area contributed by atoms with Gasteiger partial charge in [0, 0.05) is 0 Å². The van der Waals surface area contributed by atoms with Crippen LogP contribution in [0, 0.1) is 0 Å². The van der Waals surface area contributed by atoms with E-state index in [1.807, 2.05) is 0 Å². The minimum atomic E-state index is -0.500. The summed E-state index contributed by atoms with van der Waals surface area (Å²) in [6.07, 6.45) is 0. The number of nitrogens with zero attached hydrogens (tertiary/aromatic N) is 1. The molecular weight excluding hydrogens is 146 g/mol. The van der Waals surface area contributed by atoms with Gasteiger partial charge in [-0.1, -0.05) is 0 Å². The molecule has 0 atom stereocenters. The summed E-state index contributed by atoms with van der Waals surface area (Å²) >= 11 is 0. The molecule has 4 nitrogen and oxygen atoms in total. The number of aliphatic hydroxyl groups is 1. The maximum absolute atomic E-state index is 9.91. The van der Waals surface area contributed by atoms with Crippen molar-refractivity contribution in [3.63, 3.8) is 0 Å². The van der Waals surface area contributed by atoms with E-state index in [-0.39, 0.29) is 18.9 Å². The summed E-state index contributed by atoms with van der Waals surface area (Å²) in [5.41, 5.74) is -0.500. The third-order valence-electron chi connectivity index (χ3n) is 0.718. The zero-order valence-electron chi connectivity index (χ0n) is 7.16. The van der Waals surface area contributed by atoms with E-state index < -0.39 is 5.60 Å². The maximum Gasteiger partial charge on any atom is 0.165 e. The van der Waals surface area contributed by atoms with Crippen LogP contribution in [-0.4, -0.2) is 39.9 Å². The summed E-state index contributed by atoms with van der Waals surface area (Å²) in [6.45, 7) is 5.67. The second kappa shape index (κ2) is 3.80. The lowest BCUT2D eigenvalue weighted by Crippen LogP contribution is -2.44. The first-order valence-electron chi connectivity index (χ1n) is 3.47. The Hall–Kier alpha value is -0.450. The highest BCUT2D eigenvalue weighted by Crippen LogP contribution is 1.93. The minimum Gasteiger partial charge on any atom is -0.391 e. The average Bonchev–Trinajstić information content (AvgIpc) is 1.56. The number of hydrogen-bond donors (Lipinski definition) is 2. The Bertz CT molecular complexity index is 125. The molecular formula is C7H15NO3. The van der Waals surface area contributed by atoms with Crippen molar-refractivity contribution in [2.24, 2.45) is 0 Å². The van der Waals surface area contributed by atoms with Crippen molar-refractivity contribution in [1.82, 2.24) is 5.06 Å². The Balaban J connectivity index is 0.000000187. The van der Waals surface area contributed by atoms with Gasteiger partial charge in [-0.3, -0.25) is 4.79 Å². The molecule has 2 N–H and O–H groups in total. The molecule has 0 spiro atoms. The monoisotopic (exact) mass is 161 g/mol. The molecule has 1 aliphatic heterocycles. The standard InChI is InChI=1S/C4H10O.C3H5NO2/c1-4(2,3)5;5-3-1-4(6)2-3/h5H,1-3H3;6H,1-2H2. The van der Waals surface area contributed by atoms with E-state index in [1.165, 1.54) is 0 Å². The maximum atomic E-state index is 9.91. The number of ketones is 1. The molecule has 0 amide bonds. The van der Waals surface area contributed by atoms with Crippen LogP contribution in [0.5, 0.6) is 0 Å². The highest BCUT2D eigenvalue weighted by Gasteiger charge is 2.20. The minimum absolute atomic E-state index is 0.109. The Labute approximate surface area is 66.4 Å². The second-order valence-electron chi connectivity index (χ2n) is 3.53. The quantitative estimate of drug-likeness (QED) is 0.526. The van der Waals surface area contributed by atoms with Crippen LogP contribution in [0.15, 0.2) is 0 Å². The molecule has 0 aromatic carbocycles. The number of hydrogen-bond acceptors (Lipinski definition) is 4. The first kappa shape index (κ1) is 10.6. The highest BCUT2D eigenvalue weighted by atomic mass is 16.5. The molecule has 11 heavy (non-hydrogen) atoms. The molecule has 0 aliphatic carbocycles. The van der Waals surface area contributed by atoms with Crippen LogP contribution >= 0.6 is 0 Å². The van der Waals surface area contributed by atoms with Crippen LogP contribution in [0.1, 0.15) is 20.8 Å². The van der Waals surface area contributed by atoms with Crippen molar-refractivity contribution < 1.29 is 15.1 Å². The molecule has 0 saturated carbocycles. The van der Waals surface area contributed by atoms with E-state index in [9.17, 15) is 4.79 Å². The van der Waals surface area contributed by atoms with Crippen molar-refractivity contribution in [2.75, 3.05) is 13.1 Å². The molecule has 0 bridgehead atoms. The molecule has 0 aromatic rings. The lowest BCUT2D eigenvalue weighted by Gasteiger charge is -2.20. The van der Waals surface area contributed by atoms with E-state index in [4.69, 9.17) is 10.3 Å². The van der Waals surface area contributed by atoms with Crippen molar-refractivity contribution in [3.05, 3.63) is 0 Å². The molecule has 1 heterocycles. The van der Waals surface area contributed by atoms with Gasteiger partial charge in [0.1, 0.15) is 0 Å². The molecule has 1 aliphatic rings. The Morgan fingerprint density at radius 1 is 1.36 bits per heavy atom. The van der Waals surface area contributed by atoms with Crippen molar-refractivity contribution in [1.29, 1.82) is 0 Å². The number of Topliss-reactive ketones (excluding diaryl/α,β-unsaturated/α-hetero) is 1. The number of carbonyl (C=O) groups is 1. The summed E-state index contributed by atoms with van der Waals surface area (Å²) in [4.78, 5) is 9.91. The lowest BCUT2D eigenvalue weighted by atomic mass is 10.2. The third kappa shape index (κ3) is 9.55. The van der Waals surface area contributed by atoms with E-state index in [0.29, 0.717) is 0 Å². The van der Waals surface area contributed by atoms with Gasteiger partial charge in [-0.25, -0.2) is 0 Å². The van der Waals surface area contributed by atoms with Gasteiger partial charge in [0.05, 0.1) is 18.7 Å². The fourth-order valence-electron chi connectivity index (χ4n) is 0.361. The van der Waals surface area contributed by atoms with Gasteiger partial charge < -0.3 is 10.3 Å². The van der Waals surface area contributed by atoms with E-state index >= 15 is 0 Å². The van der Waals surface area contributed by atoms with Crippen molar-refractivity contribution in [2.45, 2.75) is 26.4 Å². The largest absolute Gasteiger partial charge is 0.391 e. The van der Waals surface area contributed by atoms with Crippen molar-refractivity contribution >= 4 is 5.78 Å². The summed E-state index contributed by atoms with van der Waals surface area (Å²) in [5.74, 6) is 0.109. The zero-order chi connectivity index (χ0) is 9.07. The first-order chi connectivity index (χ1) is 4.79. The topological polar surface area (TPSA) is 60.8 Å². The van der Waals surface area contributed by atoms with Gasteiger partial charge >= 0.3 is 0 Å². The van der Waals surface area contributed by atoms with Gasteiger partial charge in [0.25, 0.3) is 0 Å². The summed E-state index contributed by atoms with van der Waals surface area (Å²) < 4.78 is 0. The van der Waals surface area contributed by atoms with Gasteiger partial charge in [0.2, 0.25) is 0 Å². The normalized spacial score (nSPS) is 18.5. The molecule has 1 rings (SSSR count).